The molecule has 0 amide bonds. The van der Waals surface area contributed by atoms with Crippen molar-refractivity contribution in [3.05, 3.63) is 5.89 Å². The van der Waals surface area contributed by atoms with Crippen molar-refractivity contribution in [3.63, 3.8) is 0 Å². The van der Waals surface area contributed by atoms with E-state index in [0.29, 0.717) is 0 Å². The van der Waals surface area contributed by atoms with Gasteiger partial charge in [-0.3, -0.25) is 0 Å². The van der Waals surface area contributed by atoms with Gasteiger partial charge in [-0.2, -0.15) is 0 Å². The topological polar surface area (TPSA) is 42.2 Å². The monoisotopic (exact) mass is 269 g/mol. The molecule has 0 aromatic carbocycles. The Labute approximate surface area is 114 Å². The molecule has 2 rings (SSSR count). The van der Waals surface area contributed by atoms with Crippen molar-refractivity contribution in [3.8, 4) is 0 Å². The molecular formula is C13H23N3OS. The first-order chi connectivity index (χ1) is 8.79. The first kappa shape index (κ1) is 13.9. The summed E-state index contributed by atoms with van der Waals surface area (Å²) in [6.07, 6.45) is 7.22. The van der Waals surface area contributed by atoms with E-state index in [9.17, 15) is 0 Å². The van der Waals surface area contributed by atoms with Crippen LogP contribution in [0.15, 0.2) is 9.64 Å². The molecule has 4 nitrogen and oxygen atoms in total. The maximum Gasteiger partial charge on any atom is 0.276 e. The smallest absolute Gasteiger partial charge is 0.276 e. The number of aryl methyl sites for hydroxylation is 1. The van der Waals surface area contributed by atoms with Crippen molar-refractivity contribution in [2.45, 2.75) is 56.7 Å². The van der Waals surface area contributed by atoms with E-state index < -0.39 is 0 Å². The van der Waals surface area contributed by atoms with Crippen LogP contribution < -0.4 is 0 Å². The zero-order chi connectivity index (χ0) is 12.8. The number of piperidine rings is 1. The molecule has 102 valence electrons. The van der Waals surface area contributed by atoms with Gasteiger partial charge in [0.1, 0.15) is 0 Å². The number of hydrogen-bond acceptors (Lipinski definition) is 5. The molecule has 1 aromatic rings. The standard InChI is InChI=1S/C13H23N3OS/c1-3-6-12-14-15-13(17-12)18-10-8-11-7-4-5-9-16(11)2/h11H,3-10H2,1-2H3/t11-/m0/s1. The minimum atomic E-state index is 0.733. The van der Waals surface area contributed by atoms with Gasteiger partial charge in [0.15, 0.2) is 0 Å². The highest BCUT2D eigenvalue weighted by Crippen LogP contribution is 2.23. The van der Waals surface area contributed by atoms with Crippen LogP contribution in [0.5, 0.6) is 0 Å². The number of thioether (sulfide) groups is 1. The van der Waals surface area contributed by atoms with E-state index in [1.165, 1.54) is 32.2 Å². The minimum absolute atomic E-state index is 0.733. The maximum absolute atomic E-state index is 5.57. The zero-order valence-electron chi connectivity index (χ0n) is 11.4. The molecular weight excluding hydrogens is 246 g/mol. The largest absolute Gasteiger partial charge is 0.416 e. The third kappa shape index (κ3) is 3.99. The molecule has 1 saturated heterocycles. The second kappa shape index (κ2) is 7.14. The molecule has 0 spiro atoms. The molecule has 0 aliphatic carbocycles. The van der Waals surface area contributed by atoms with Crippen molar-refractivity contribution < 1.29 is 4.42 Å². The number of aromatic nitrogens is 2. The van der Waals surface area contributed by atoms with Crippen LogP contribution in [0.25, 0.3) is 0 Å². The highest BCUT2D eigenvalue weighted by Gasteiger charge is 2.18. The Bertz CT molecular complexity index is 356. The number of likely N-dealkylation sites (tertiary alicyclic amines) is 1. The Morgan fingerprint density at radius 2 is 2.28 bits per heavy atom. The summed E-state index contributed by atoms with van der Waals surface area (Å²) in [6, 6.07) is 0.740. The van der Waals surface area contributed by atoms with Crippen LogP contribution >= 0.6 is 11.8 Å². The summed E-state index contributed by atoms with van der Waals surface area (Å²) >= 11 is 1.70. The molecule has 1 atom stereocenters. The molecule has 0 radical (unpaired) electrons. The van der Waals surface area contributed by atoms with Crippen LogP contribution in [-0.4, -0.2) is 40.5 Å². The van der Waals surface area contributed by atoms with Crippen LogP contribution in [-0.2, 0) is 6.42 Å². The lowest BCUT2D eigenvalue weighted by Gasteiger charge is -2.32. The fourth-order valence-corrected chi connectivity index (χ4v) is 3.22. The highest BCUT2D eigenvalue weighted by molar-refractivity contribution is 7.99. The molecule has 18 heavy (non-hydrogen) atoms. The van der Waals surface area contributed by atoms with E-state index in [0.717, 1.165) is 35.7 Å². The molecule has 0 bridgehead atoms. The van der Waals surface area contributed by atoms with E-state index >= 15 is 0 Å². The predicted molar refractivity (Wildman–Crippen MR) is 73.9 cm³/mol. The van der Waals surface area contributed by atoms with Crippen molar-refractivity contribution in [1.29, 1.82) is 0 Å². The van der Waals surface area contributed by atoms with Crippen molar-refractivity contribution in [2.75, 3.05) is 19.3 Å². The Kier molecular flexibility index (Phi) is 5.50. The van der Waals surface area contributed by atoms with Gasteiger partial charge in [0.05, 0.1) is 0 Å². The van der Waals surface area contributed by atoms with Gasteiger partial charge in [-0.15, -0.1) is 10.2 Å². The van der Waals surface area contributed by atoms with Crippen molar-refractivity contribution >= 4 is 11.8 Å². The SMILES string of the molecule is CCCc1nnc(SCC[C@@H]2CCCCN2C)o1. The molecule has 0 N–H and O–H groups in total. The van der Waals surface area contributed by atoms with Crippen molar-refractivity contribution in [1.82, 2.24) is 15.1 Å². The average molecular weight is 269 g/mol. The second-order valence-corrected chi connectivity index (χ2v) is 6.03. The van der Waals surface area contributed by atoms with Gasteiger partial charge < -0.3 is 9.32 Å². The fourth-order valence-electron chi connectivity index (χ4n) is 2.40. The molecule has 1 aromatic heterocycles. The Balaban J connectivity index is 1.70. The maximum atomic E-state index is 5.57. The summed E-state index contributed by atoms with van der Waals surface area (Å²) in [4.78, 5) is 2.49. The number of hydrogen-bond donors (Lipinski definition) is 0. The molecule has 5 heteroatoms. The number of nitrogens with zero attached hydrogens (tertiary/aromatic N) is 3. The third-order valence-corrected chi connectivity index (χ3v) is 4.36. The summed E-state index contributed by atoms with van der Waals surface area (Å²) in [6.45, 7) is 3.37. The zero-order valence-corrected chi connectivity index (χ0v) is 12.2. The second-order valence-electron chi connectivity index (χ2n) is 4.98. The van der Waals surface area contributed by atoms with Gasteiger partial charge in [0, 0.05) is 18.2 Å². The van der Waals surface area contributed by atoms with Gasteiger partial charge in [0.2, 0.25) is 5.89 Å². The van der Waals surface area contributed by atoms with E-state index in [4.69, 9.17) is 4.42 Å². The lowest BCUT2D eigenvalue weighted by atomic mass is 10.0. The molecule has 1 fully saturated rings. The summed E-state index contributed by atoms with van der Waals surface area (Å²) in [5.41, 5.74) is 0. The third-order valence-electron chi connectivity index (χ3n) is 3.51. The predicted octanol–water partition coefficient (Wildman–Crippen LogP) is 2.99. The van der Waals surface area contributed by atoms with Crippen LogP contribution in [0.3, 0.4) is 0 Å². The average Bonchev–Trinajstić information content (AvgIpc) is 2.80. The van der Waals surface area contributed by atoms with Crippen LogP contribution in [0.1, 0.15) is 44.9 Å². The molecule has 0 saturated carbocycles. The fraction of sp³-hybridized carbons (Fsp3) is 0.846. The molecule has 1 aliphatic rings. The van der Waals surface area contributed by atoms with Gasteiger partial charge in [-0.05, 0) is 39.3 Å². The van der Waals surface area contributed by atoms with Gasteiger partial charge in [0.25, 0.3) is 5.22 Å². The summed E-state index contributed by atoms with van der Waals surface area (Å²) in [5, 5.41) is 8.84. The minimum Gasteiger partial charge on any atom is -0.416 e. The summed E-state index contributed by atoms with van der Waals surface area (Å²) < 4.78 is 5.57. The van der Waals surface area contributed by atoms with E-state index in [1.807, 2.05) is 0 Å². The Morgan fingerprint density at radius 1 is 1.39 bits per heavy atom. The van der Waals surface area contributed by atoms with Gasteiger partial charge in [-0.1, -0.05) is 25.1 Å². The Morgan fingerprint density at radius 3 is 3.06 bits per heavy atom. The van der Waals surface area contributed by atoms with E-state index in [-0.39, 0.29) is 0 Å². The van der Waals surface area contributed by atoms with Gasteiger partial charge >= 0.3 is 0 Å². The lowest BCUT2D eigenvalue weighted by molar-refractivity contribution is 0.182. The van der Waals surface area contributed by atoms with Crippen LogP contribution in [0, 0.1) is 0 Å². The first-order valence-corrected chi connectivity index (χ1v) is 7.93. The van der Waals surface area contributed by atoms with Crippen LogP contribution in [0.2, 0.25) is 0 Å². The highest BCUT2D eigenvalue weighted by atomic mass is 32.2. The number of rotatable bonds is 6. The summed E-state index contributed by atoms with van der Waals surface area (Å²) in [5.74, 6) is 1.85. The van der Waals surface area contributed by atoms with Crippen molar-refractivity contribution in [2.24, 2.45) is 0 Å². The molecule has 0 unspecified atom stereocenters. The summed E-state index contributed by atoms with van der Waals surface area (Å²) in [7, 11) is 2.24. The van der Waals surface area contributed by atoms with E-state index in [2.05, 4.69) is 29.1 Å². The lowest BCUT2D eigenvalue weighted by Crippen LogP contribution is -2.36. The normalized spacial score (nSPS) is 21.3. The molecule has 1 aliphatic heterocycles. The van der Waals surface area contributed by atoms with Gasteiger partial charge in [-0.25, -0.2) is 0 Å². The Hall–Kier alpha value is -0.550. The van der Waals surface area contributed by atoms with E-state index in [1.54, 1.807) is 11.8 Å². The quantitative estimate of drug-likeness (QED) is 0.743. The van der Waals surface area contributed by atoms with Crippen LogP contribution in [0.4, 0.5) is 0 Å². The molecule has 2 heterocycles. The first-order valence-electron chi connectivity index (χ1n) is 6.95.